The summed E-state index contributed by atoms with van der Waals surface area (Å²) < 4.78 is 5.74. The number of ether oxygens (including phenoxy) is 1. The fraction of sp³-hybridized carbons (Fsp3) is 0.316. The van der Waals surface area contributed by atoms with Crippen molar-refractivity contribution >= 4 is 29.1 Å². The quantitative estimate of drug-likeness (QED) is 0.763. The highest BCUT2D eigenvalue weighted by Gasteiger charge is 2.11. The molecule has 2 aromatic rings. The number of hydrogen-bond donors (Lipinski definition) is 1. The Morgan fingerprint density at radius 3 is 2.46 bits per heavy atom. The molecule has 0 unspecified atom stereocenters. The average molecular weight is 366 g/mol. The van der Waals surface area contributed by atoms with E-state index in [4.69, 9.17) is 27.9 Å². The summed E-state index contributed by atoms with van der Waals surface area (Å²) in [5, 5.41) is 4.11. The van der Waals surface area contributed by atoms with E-state index < -0.39 is 0 Å². The zero-order chi connectivity index (χ0) is 17.5. The van der Waals surface area contributed by atoms with E-state index in [0.717, 1.165) is 16.9 Å². The lowest BCUT2D eigenvalue weighted by Crippen LogP contribution is -2.36. The summed E-state index contributed by atoms with van der Waals surface area (Å²) in [6.45, 7) is 4.33. The van der Waals surface area contributed by atoms with Crippen LogP contribution in [0, 0.1) is 6.92 Å². The highest BCUT2D eigenvalue weighted by atomic mass is 35.5. The van der Waals surface area contributed by atoms with Crippen molar-refractivity contribution in [3.05, 3.63) is 63.6 Å². The first kappa shape index (κ1) is 18.6. The van der Waals surface area contributed by atoms with Gasteiger partial charge < -0.3 is 10.1 Å². The Bertz CT molecular complexity index is 683. The van der Waals surface area contributed by atoms with Gasteiger partial charge in [-0.25, -0.2) is 0 Å². The normalized spacial score (nSPS) is 11.8. The summed E-state index contributed by atoms with van der Waals surface area (Å²) in [6, 6.07) is 13.1. The molecular weight excluding hydrogens is 345 g/mol. The van der Waals surface area contributed by atoms with E-state index in [1.54, 1.807) is 18.2 Å². The largest absolute Gasteiger partial charge is 0.491 e. The second kappa shape index (κ2) is 8.95. The smallest absolute Gasteiger partial charge is 0.220 e. The molecule has 0 saturated heterocycles. The summed E-state index contributed by atoms with van der Waals surface area (Å²) in [6.07, 6.45) is 0.841. The van der Waals surface area contributed by atoms with Crippen LogP contribution in [-0.2, 0) is 11.2 Å². The average Bonchev–Trinajstić information content (AvgIpc) is 2.53. The maximum atomic E-state index is 12.1. The van der Waals surface area contributed by atoms with Crippen molar-refractivity contribution in [2.45, 2.75) is 32.7 Å². The fourth-order valence-electron chi connectivity index (χ4n) is 2.33. The first-order chi connectivity index (χ1) is 11.5. The molecule has 0 aliphatic rings. The van der Waals surface area contributed by atoms with Gasteiger partial charge in [0.05, 0.1) is 6.04 Å². The molecule has 0 spiro atoms. The van der Waals surface area contributed by atoms with E-state index in [-0.39, 0.29) is 11.9 Å². The van der Waals surface area contributed by atoms with Crippen molar-refractivity contribution in [2.75, 3.05) is 6.61 Å². The molecule has 0 aliphatic heterocycles. The molecule has 1 amide bonds. The molecule has 0 bridgehead atoms. The van der Waals surface area contributed by atoms with Gasteiger partial charge in [-0.05, 0) is 49.6 Å². The lowest BCUT2D eigenvalue weighted by atomic mass is 10.1. The molecule has 24 heavy (non-hydrogen) atoms. The summed E-state index contributed by atoms with van der Waals surface area (Å²) in [5.74, 6) is 0.785. The molecule has 0 aliphatic carbocycles. The number of aryl methyl sites for hydroxylation is 1. The number of nitrogens with one attached hydrogen (secondary N) is 1. The highest BCUT2D eigenvalue weighted by Crippen LogP contribution is 2.25. The topological polar surface area (TPSA) is 38.3 Å². The van der Waals surface area contributed by atoms with Gasteiger partial charge in [0, 0.05) is 16.5 Å². The van der Waals surface area contributed by atoms with Crippen LogP contribution in [0.15, 0.2) is 42.5 Å². The van der Waals surface area contributed by atoms with Crippen LogP contribution in [0.3, 0.4) is 0 Å². The summed E-state index contributed by atoms with van der Waals surface area (Å²) in [4.78, 5) is 12.1. The van der Waals surface area contributed by atoms with Crippen LogP contribution in [0.2, 0.25) is 10.0 Å². The minimum absolute atomic E-state index is 0.0492. The van der Waals surface area contributed by atoms with E-state index in [1.165, 1.54) is 0 Å². The molecule has 0 heterocycles. The lowest BCUT2D eigenvalue weighted by molar-refractivity contribution is -0.121. The Kier molecular flexibility index (Phi) is 6.95. The van der Waals surface area contributed by atoms with Gasteiger partial charge in [0.15, 0.2) is 0 Å². The van der Waals surface area contributed by atoms with Gasteiger partial charge in [-0.15, -0.1) is 0 Å². The number of carbonyl (C=O) groups excluding carboxylic acids is 1. The molecule has 0 fully saturated rings. The van der Waals surface area contributed by atoms with Gasteiger partial charge in [-0.1, -0.05) is 47.5 Å². The van der Waals surface area contributed by atoms with E-state index in [2.05, 4.69) is 5.32 Å². The summed E-state index contributed by atoms with van der Waals surface area (Å²) in [7, 11) is 0. The molecule has 1 N–H and O–H groups in total. The van der Waals surface area contributed by atoms with Gasteiger partial charge in [-0.2, -0.15) is 0 Å². The zero-order valence-electron chi connectivity index (χ0n) is 13.8. The van der Waals surface area contributed by atoms with Crippen molar-refractivity contribution in [1.29, 1.82) is 0 Å². The van der Waals surface area contributed by atoms with Gasteiger partial charge in [-0.3, -0.25) is 4.79 Å². The Labute approximate surface area is 152 Å². The van der Waals surface area contributed by atoms with Crippen LogP contribution in [-0.4, -0.2) is 18.6 Å². The number of para-hydroxylation sites is 1. The predicted molar refractivity (Wildman–Crippen MR) is 99.1 cm³/mol. The summed E-state index contributed by atoms with van der Waals surface area (Å²) >= 11 is 12.2. The standard InChI is InChI=1S/C19H21Cl2NO2/c1-13-6-3-4-9-18(13)24-12-14(2)22-19(23)11-10-15-16(20)7-5-8-17(15)21/h3-9,14H,10-12H2,1-2H3,(H,22,23)/t14-/m1/s1. The summed E-state index contributed by atoms with van der Waals surface area (Å²) in [5.41, 5.74) is 1.88. The second-order valence-electron chi connectivity index (χ2n) is 5.75. The number of halogens is 2. The molecule has 1 atom stereocenters. The third kappa shape index (κ3) is 5.43. The molecule has 2 rings (SSSR count). The van der Waals surface area contributed by atoms with Crippen molar-refractivity contribution in [3.8, 4) is 5.75 Å². The minimum atomic E-state index is -0.0844. The van der Waals surface area contributed by atoms with E-state index in [1.807, 2.05) is 38.1 Å². The third-order valence-electron chi connectivity index (χ3n) is 3.65. The van der Waals surface area contributed by atoms with Crippen LogP contribution in [0.5, 0.6) is 5.75 Å². The highest BCUT2D eigenvalue weighted by molar-refractivity contribution is 6.36. The van der Waals surface area contributed by atoms with E-state index in [0.29, 0.717) is 29.5 Å². The number of hydrogen-bond acceptors (Lipinski definition) is 2. The van der Waals surface area contributed by atoms with E-state index >= 15 is 0 Å². The van der Waals surface area contributed by atoms with Crippen LogP contribution in [0.1, 0.15) is 24.5 Å². The monoisotopic (exact) mass is 365 g/mol. The predicted octanol–water partition coefficient (Wildman–Crippen LogP) is 4.82. The number of rotatable bonds is 7. The second-order valence-corrected chi connectivity index (χ2v) is 6.56. The minimum Gasteiger partial charge on any atom is -0.491 e. The Balaban J connectivity index is 1.79. The molecule has 5 heteroatoms. The maximum Gasteiger partial charge on any atom is 0.220 e. The van der Waals surface area contributed by atoms with Gasteiger partial charge in [0.25, 0.3) is 0 Å². The molecule has 2 aromatic carbocycles. The number of amides is 1. The molecular formula is C19H21Cl2NO2. The number of carbonyl (C=O) groups is 1. The molecule has 0 radical (unpaired) electrons. The molecule has 0 aromatic heterocycles. The Hall–Kier alpha value is -1.71. The fourth-order valence-corrected chi connectivity index (χ4v) is 2.92. The van der Waals surface area contributed by atoms with Crippen molar-refractivity contribution in [2.24, 2.45) is 0 Å². The SMILES string of the molecule is Cc1ccccc1OC[C@@H](C)NC(=O)CCc1c(Cl)cccc1Cl. The van der Waals surface area contributed by atoms with Crippen molar-refractivity contribution in [3.63, 3.8) is 0 Å². The Morgan fingerprint density at radius 2 is 1.79 bits per heavy atom. The van der Waals surface area contributed by atoms with Crippen molar-refractivity contribution < 1.29 is 9.53 Å². The van der Waals surface area contributed by atoms with Gasteiger partial charge in [0.1, 0.15) is 12.4 Å². The van der Waals surface area contributed by atoms with E-state index in [9.17, 15) is 4.79 Å². The van der Waals surface area contributed by atoms with Gasteiger partial charge >= 0.3 is 0 Å². The van der Waals surface area contributed by atoms with Crippen LogP contribution in [0.25, 0.3) is 0 Å². The maximum absolute atomic E-state index is 12.1. The van der Waals surface area contributed by atoms with Crippen LogP contribution in [0.4, 0.5) is 0 Å². The van der Waals surface area contributed by atoms with Crippen LogP contribution < -0.4 is 10.1 Å². The Morgan fingerprint density at radius 1 is 1.12 bits per heavy atom. The third-order valence-corrected chi connectivity index (χ3v) is 4.36. The zero-order valence-corrected chi connectivity index (χ0v) is 15.3. The van der Waals surface area contributed by atoms with Crippen molar-refractivity contribution in [1.82, 2.24) is 5.32 Å². The first-order valence-corrected chi connectivity index (χ1v) is 8.63. The van der Waals surface area contributed by atoms with Crippen LogP contribution >= 0.6 is 23.2 Å². The van der Waals surface area contributed by atoms with Gasteiger partial charge in [0.2, 0.25) is 5.91 Å². The lowest BCUT2D eigenvalue weighted by Gasteiger charge is -2.16. The molecule has 3 nitrogen and oxygen atoms in total. The molecule has 0 saturated carbocycles. The number of benzene rings is 2. The first-order valence-electron chi connectivity index (χ1n) is 7.88. The molecule has 128 valence electrons.